The van der Waals surface area contributed by atoms with E-state index in [1.54, 1.807) is 37.3 Å². The predicted octanol–water partition coefficient (Wildman–Crippen LogP) is 1.78. The van der Waals surface area contributed by atoms with Crippen molar-refractivity contribution in [1.29, 1.82) is 0 Å². The Bertz CT molecular complexity index is 1170. The number of halogens is 1. The van der Waals surface area contributed by atoms with E-state index in [1.165, 1.54) is 22.9 Å². The number of tetrazole rings is 1. The lowest BCUT2D eigenvalue weighted by atomic mass is 9.87. The van der Waals surface area contributed by atoms with Crippen molar-refractivity contribution >= 4 is 29.6 Å². The Morgan fingerprint density at radius 2 is 1.97 bits per heavy atom. The minimum absolute atomic E-state index is 0.183. The highest BCUT2D eigenvalue weighted by atomic mass is 32.2. The van der Waals surface area contributed by atoms with Crippen LogP contribution >= 0.6 is 11.8 Å². The standard InChI is InChI=1S/C20H18FN7O3S/c1-2-20(13-7-4-3-5-8-13)17(30)28(18(31)22-20)24-16(29)12-32-19-23-25-26-27(19)15-10-6-9-14(21)11-15/h3-11H,2,12H2,1H3,(H,22,31)(H,24,29). The Morgan fingerprint density at radius 1 is 1.19 bits per heavy atom. The molecule has 32 heavy (non-hydrogen) atoms. The topological polar surface area (TPSA) is 122 Å². The van der Waals surface area contributed by atoms with Gasteiger partial charge < -0.3 is 5.32 Å². The molecule has 2 N–H and O–H groups in total. The van der Waals surface area contributed by atoms with E-state index in [4.69, 9.17) is 0 Å². The van der Waals surface area contributed by atoms with Crippen LogP contribution in [-0.2, 0) is 15.1 Å². The summed E-state index contributed by atoms with van der Waals surface area (Å²) >= 11 is 0.973. The smallest absolute Gasteiger partial charge is 0.318 e. The zero-order valence-electron chi connectivity index (χ0n) is 16.9. The number of urea groups is 1. The molecule has 1 fully saturated rings. The number of nitrogens with one attached hydrogen (secondary N) is 2. The molecule has 0 radical (unpaired) electrons. The predicted molar refractivity (Wildman–Crippen MR) is 112 cm³/mol. The SMILES string of the molecule is CCC1(c2ccccc2)NC(=O)N(NC(=O)CSc2nnnn2-c2cccc(F)c2)C1=O. The van der Waals surface area contributed by atoms with Gasteiger partial charge in [-0.25, -0.2) is 9.18 Å². The van der Waals surface area contributed by atoms with Crippen molar-refractivity contribution in [3.63, 3.8) is 0 Å². The fourth-order valence-corrected chi connectivity index (χ4v) is 4.05. The molecule has 1 aromatic heterocycles. The van der Waals surface area contributed by atoms with E-state index >= 15 is 0 Å². The molecule has 0 aliphatic carbocycles. The molecule has 4 amide bonds. The summed E-state index contributed by atoms with van der Waals surface area (Å²) < 4.78 is 14.8. The van der Waals surface area contributed by atoms with Gasteiger partial charge in [-0.15, -0.1) is 5.10 Å². The number of thioether (sulfide) groups is 1. The van der Waals surface area contributed by atoms with Gasteiger partial charge in [-0.2, -0.15) is 9.69 Å². The average Bonchev–Trinajstić information content (AvgIpc) is 3.37. The maximum absolute atomic E-state index is 13.5. The second kappa shape index (κ2) is 8.75. The average molecular weight is 455 g/mol. The molecule has 10 nitrogen and oxygen atoms in total. The van der Waals surface area contributed by atoms with Crippen molar-refractivity contribution in [3.8, 4) is 5.69 Å². The van der Waals surface area contributed by atoms with Crippen molar-refractivity contribution in [1.82, 2.24) is 36.0 Å². The van der Waals surface area contributed by atoms with Gasteiger partial charge in [-0.1, -0.05) is 55.1 Å². The second-order valence-corrected chi connectivity index (χ2v) is 7.81. The van der Waals surface area contributed by atoms with E-state index in [0.29, 0.717) is 22.7 Å². The van der Waals surface area contributed by atoms with E-state index in [0.717, 1.165) is 11.8 Å². The molecule has 0 bridgehead atoms. The normalized spacial score (nSPS) is 18.0. The van der Waals surface area contributed by atoms with Crippen LogP contribution in [0.25, 0.3) is 5.69 Å². The fourth-order valence-electron chi connectivity index (χ4n) is 3.36. The number of carbonyl (C=O) groups is 3. The minimum Gasteiger partial charge on any atom is -0.318 e. The Hall–Kier alpha value is -3.80. The van der Waals surface area contributed by atoms with Gasteiger partial charge in [0.2, 0.25) is 11.1 Å². The Balaban J connectivity index is 1.44. The number of imide groups is 1. The maximum Gasteiger partial charge on any atom is 0.344 e. The molecule has 1 aliphatic rings. The molecule has 1 unspecified atom stereocenters. The molecule has 2 heterocycles. The third-order valence-electron chi connectivity index (χ3n) is 4.95. The Labute approximate surface area is 186 Å². The molecule has 1 saturated heterocycles. The quantitative estimate of drug-likeness (QED) is 0.411. The van der Waals surface area contributed by atoms with E-state index in [9.17, 15) is 18.8 Å². The number of hydrogen-bond donors (Lipinski definition) is 2. The van der Waals surface area contributed by atoms with Crippen molar-refractivity contribution in [2.45, 2.75) is 24.0 Å². The lowest BCUT2D eigenvalue weighted by molar-refractivity contribution is -0.138. The molecular weight excluding hydrogens is 437 g/mol. The number of carbonyl (C=O) groups excluding carboxylic acids is 3. The monoisotopic (exact) mass is 455 g/mol. The second-order valence-electron chi connectivity index (χ2n) is 6.87. The molecule has 164 valence electrons. The fraction of sp³-hybridized carbons (Fsp3) is 0.200. The first kappa shape index (κ1) is 21.4. The van der Waals surface area contributed by atoms with E-state index in [-0.39, 0.29) is 10.9 Å². The Morgan fingerprint density at radius 3 is 2.69 bits per heavy atom. The van der Waals surface area contributed by atoms with E-state index in [1.807, 2.05) is 6.07 Å². The highest BCUT2D eigenvalue weighted by Gasteiger charge is 2.52. The van der Waals surface area contributed by atoms with Gasteiger partial charge in [-0.3, -0.25) is 15.0 Å². The van der Waals surface area contributed by atoms with Gasteiger partial charge in [-0.05, 0) is 40.6 Å². The highest BCUT2D eigenvalue weighted by molar-refractivity contribution is 7.99. The molecule has 1 aliphatic heterocycles. The van der Waals surface area contributed by atoms with Crippen LogP contribution in [0.2, 0.25) is 0 Å². The molecule has 3 aromatic rings. The van der Waals surface area contributed by atoms with Crippen LogP contribution < -0.4 is 10.7 Å². The first-order valence-electron chi connectivity index (χ1n) is 9.63. The molecule has 0 saturated carbocycles. The Kier molecular flexibility index (Phi) is 5.86. The van der Waals surface area contributed by atoms with Crippen molar-refractivity contribution in [2.24, 2.45) is 0 Å². The lowest BCUT2D eigenvalue weighted by Crippen LogP contribution is -2.49. The van der Waals surface area contributed by atoms with Gasteiger partial charge in [0.05, 0.1) is 11.4 Å². The van der Waals surface area contributed by atoms with Crippen LogP contribution in [0.4, 0.5) is 9.18 Å². The van der Waals surface area contributed by atoms with Crippen molar-refractivity contribution in [2.75, 3.05) is 5.75 Å². The molecule has 12 heteroatoms. The van der Waals surface area contributed by atoms with Crippen LogP contribution in [-0.4, -0.2) is 48.8 Å². The van der Waals surface area contributed by atoms with Crippen LogP contribution in [0.3, 0.4) is 0 Å². The number of hydrazine groups is 1. The van der Waals surface area contributed by atoms with Gasteiger partial charge in [0.15, 0.2) is 0 Å². The van der Waals surface area contributed by atoms with Gasteiger partial charge in [0, 0.05) is 0 Å². The third kappa shape index (κ3) is 3.91. The summed E-state index contributed by atoms with van der Waals surface area (Å²) in [7, 11) is 0. The maximum atomic E-state index is 13.5. The van der Waals surface area contributed by atoms with Gasteiger partial charge in [0.25, 0.3) is 5.91 Å². The molecular formula is C20H18FN7O3S. The number of aromatic nitrogens is 4. The van der Waals surface area contributed by atoms with Gasteiger partial charge in [0.1, 0.15) is 11.4 Å². The van der Waals surface area contributed by atoms with Crippen LogP contribution in [0.15, 0.2) is 59.8 Å². The van der Waals surface area contributed by atoms with Gasteiger partial charge >= 0.3 is 6.03 Å². The third-order valence-corrected chi connectivity index (χ3v) is 5.87. The molecule has 2 aromatic carbocycles. The van der Waals surface area contributed by atoms with E-state index < -0.39 is 29.2 Å². The van der Waals surface area contributed by atoms with Crippen LogP contribution in [0, 0.1) is 5.82 Å². The highest BCUT2D eigenvalue weighted by Crippen LogP contribution is 2.31. The zero-order chi connectivity index (χ0) is 22.7. The van der Waals surface area contributed by atoms with E-state index in [2.05, 4.69) is 26.3 Å². The van der Waals surface area contributed by atoms with Crippen LogP contribution in [0.5, 0.6) is 0 Å². The number of rotatable bonds is 7. The summed E-state index contributed by atoms with van der Waals surface area (Å²) in [4.78, 5) is 38.0. The zero-order valence-corrected chi connectivity index (χ0v) is 17.7. The molecule has 0 spiro atoms. The molecule has 4 rings (SSSR count). The van der Waals surface area contributed by atoms with Crippen molar-refractivity contribution in [3.05, 3.63) is 66.0 Å². The first-order valence-corrected chi connectivity index (χ1v) is 10.6. The summed E-state index contributed by atoms with van der Waals surface area (Å²) in [5.74, 6) is -1.81. The number of nitrogens with zero attached hydrogens (tertiary/aromatic N) is 5. The summed E-state index contributed by atoms with van der Waals surface area (Å²) in [6.45, 7) is 1.78. The minimum atomic E-state index is -1.25. The number of benzene rings is 2. The summed E-state index contributed by atoms with van der Waals surface area (Å²) in [6, 6.07) is 13.8. The van der Waals surface area contributed by atoms with Crippen LogP contribution in [0.1, 0.15) is 18.9 Å². The largest absolute Gasteiger partial charge is 0.344 e. The summed E-state index contributed by atoms with van der Waals surface area (Å²) in [5, 5.41) is 14.8. The summed E-state index contributed by atoms with van der Waals surface area (Å²) in [6.07, 6.45) is 0.311. The molecule has 1 atom stereocenters. The van der Waals surface area contributed by atoms with Crippen molar-refractivity contribution < 1.29 is 18.8 Å². The lowest BCUT2D eigenvalue weighted by Gasteiger charge is -2.25. The number of amides is 4. The summed E-state index contributed by atoms with van der Waals surface area (Å²) in [5.41, 5.74) is 2.11. The number of hydrogen-bond acceptors (Lipinski definition) is 7. The first-order chi connectivity index (χ1) is 15.4.